The lowest BCUT2D eigenvalue weighted by Crippen LogP contribution is -2.13. The molecule has 0 aliphatic heterocycles. The predicted molar refractivity (Wildman–Crippen MR) is 160 cm³/mol. The van der Waals surface area contributed by atoms with Gasteiger partial charge in [0.25, 0.3) is 0 Å². The quantitative estimate of drug-likeness (QED) is 0.201. The van der Waals surface area contributed by atoms with Crippen LogP contribution in [0.3, 0.4) is 0 Å². The predicted octanol–water partition coefficient (Wildman–Crippen LogP) is 7.50. The highest BCUT2D eigenvalue weighted by Gasteiger charge is 2.30. The Morgan fingerprint density at radius 2 is 1.85 bits per heavy atom. The van der Waals surface area contributed by atoms with Gasteiger partial charge >= 0.3 is 0 Å². The minimum Gasteiger partial charge on any atom is -0.377 e. The van der Waals surface area contributed by atoms with Crippen LogP contribution in [-0.2, 0) is 6.42 Å². The van der Waals surface area contributed by atoms with Crippen molar-refractivity contribution in [2.45, 2.75) is 50.6 Å². The van der Waals surface area contributed by atoms with Gasteiger partial charge in [-0.25, -0.2) is 4.68 Å². The van der Waals surface area contributed by atoms with Crippen LogP contribution in [0.1, 0.15) is 79.0 Å². The number of nitrogens with zero attached hydrogens (tertiary/aromatic N) is 6. The van der Waals surface area contributed by atoms with E-state index in [1.807, 2.05) is 41.1 Å². The van der Waals surface area contributed by atoms with Crippen LogP contribution in [0, 0.1) is 22.7 Å². The second-order valence-corrected chi connectivity index (χ2v) is 10.7. The van der Waals surface area contributed by atoms with Crippen molar-refractivity contribution in [3.8, 4) is 12.1 Å². The van der Waals surface area contributed by atoms with Gasteiger partial charge in [-0.15, -0.1) is 5.10 Å². The highest BCUT2D eigenvalue weighted by Crippen LogP contribution is 2.40. The average molecular weight is 559 g/mol. The van der Waals surface area contributed by atoms with Crippen LogP contribution in [0.2, 0.25) is 5.02 Å². The molecule has 1 saturated carbocycles. The molecule has 202 valence electrons. The molecule has 6 rings (SSSR count). The van der Waals surface area contributed by atoms with E-state index in [4.69, 9.17) is 11.6 Å². The van der Waals surface area contributed by atoms with Crippen molar-refractivity contribution in [1.82, 2.24) is 20.0 Å². The molecule has 1 N–H and O–H groups in total. The van der Waals surface area contributed by atoms with Gasteiger partial charge in [-0.05, 0) is 66.6 Å². The first kappa shape index (κ1) is 25.3. The van der Waals surface area contributed by atoms with E-state index in [1.165, 1.54) is 0 Å². The molecule has 0 radical (unpaired) electrons. The maximum Gasteiger partial charge on any atom is 0.103 e. The van der Waals surface area contributed by atoms with Gasteiger partial charge in [0.15, 0.2) is 0 Å². The summed E-state index contributed by atoms with van der Waals surface area (Å²) in [7, 11) is 0. The summed E-state index contributed by atoms with van der Waals surface area (Å²) in [4.78, 5) is 4.53. The molecule has 41 heavy (non-hydrogen) atoms. The monoisotopic (exact) mass is 558 g/mol. The summed E-state index contributed by atoms with van der Waals surface area (Å²) in [6.45, 7) is 2.10. The smallest absolute Gasteiger partial charge is 0.103 e. The highest BCUT2D eigenvalue weighted by atomic mass is 35.5. The normalized spacial score (nSPS) is 15.4. The number of pyridine rings is 1. The summed E-state index contributed by atoms with van der Waals surface area (Å²) >= 11 is 6.85. The highest BCUT2D eigenvalue weighted by molar-refractivity contribution is 6.35. The van der Waals surface area contributed by atoms with Gasteiger partial charge in [-0.3, -0.25) is 4.98 Å². The summed E-state index contributed by atoms with van der Waals surface area (Å²) in [5.41, 5.74) is 5.37. The molecule has 8 heteroatoms. The van der Waals surface area contributed by atoms with E-state index in [1.54, 1.807) is 30.6 Å². The fraction of sp³-hybridized carbons (Fsp3) is 0.242. The van der Waals surface area contributed by atoms with Gasteiger partial charge < -0.3 is 5.32 Å². The van der Waals surface area contributed by atoms with E-state index in [9.17, 15) is 11.9 Å². The minimum absolute atomic E-state index is 0.0331. The lowest BCUT2D eigenvalue weighted by molar-refractivity contribution is 0.562. The molecule has 0 spiro atoms. The van der Waals surface area contributed by atoms with Crippen molar-refractivity contribution >= 4 is 28.2 Å². The largest absolute Gasteiger partial charge is 0.377 e. The first-order valence-electron chi connectivity index (χ1n) is 14.2. The maximum absolute atomic E-state index is 10.0. The van der Waals surface area contributed by atoms with Crippen LogP contribution in [0.5, 0.6) is 0 Å². The van der Waals surface area contributed by atoms with Gasteiger partial charge in [-0.1, -0.05) is 66.2 Å². The topological polar surface area (TPSA) is 103 Å². The van der Waals surface area contributed by atoms with Crippen molar-refractivity contribution in [2.75, 3.05) is 5.32 Å². The zero-order valence-electron chi connectivity index (χ0n) is 23.5. The summed E-state index contributed by atoms with van der Waals surface area (Å²) in [6.07, 6.45) is 6.23. The van der Waals surface area contributed by atoms with E-state index in [2.05, 4.69) is 51.8 Å². The number of anilines is 1. The number of nitriles is 2. The zero-order valence-corrected chi connectivity index (χ0v) is 23.3. The van der Waals surface area contributed by atoms with Crippen molar-refractivity contribution in [2.24, 2.45) is 0 Å². The number of hydrogen-bond acceptors (Lipinski definition) is 6. The molecule has 7 nitrogen and oxygen atoms in total. The Hall–Kier alpha value is -4.72. The molecule has 3 aromatic carbocycles. The van der Waals surface area contributed by atoms with Crippen LogP contribution in [0.4, 0.5) is 5.69 Å². The number of hydrogen-bond donors (Lipinski definition) is 1. The molecule has 0 amide bonds. The number of fused-ring (bicyclic) bond motifs is 1. The average Bonchev–Trinajstić information content (AvgIpc) is 3.75. The number of aromatic nitrogens is 4. The second-order valence-electron chi connectivity index (χ2n) is 10.3. The molecule has 1 fully saturated rings. The molecule has 0 unspecified atom stereocenters. The second kappa shape index (κ2) is 11.4. The summed E-state index contributed by atoms with van der Waals surface area (Å²) < 4.78 is 11.8. The van der Waals surface area contributed by atoms with Gasteiger partial charge in [0.2, 0.25) is 0 Å². The number of nitrogens with one attached hydrogen (secondary N) is 1. The third-order valence-electron chi connectivity index (χ3n) is 7.53. The molecule has 0 bridgehead atoms. The fourth-order valence-corrected chi connectivity index (χ4v) is 5.60. The Morgan fingerprint density at radius 1 is 1.05 bits per heavy atom. The van der Waals surface area contributed by atoms with Crippen molar-refractivity contribution in [3.63, 3.8) is 0 Å². The molecule has 2 atom stereocenters. The van der Waals surface area contributed by atoms with Crippen LogP contribution in [-0.4, -0.2) is 20.0 Å². The first-order chi connectivity index (χ1) is 20.4. The van der Waals surface area contributed by atoms with Gasteiger partial charge in [0.1, 0.15) is 6.07 Å². The van der Waals surface area contributed by atoms with E-state index in [-0.39, 0.29) is 18.5 Å². The summed E-state index contributed by atoms with van der Waals surface area (Å²) in [5.74, 6) is -1.31. The molecular formula is C33H28ClN7. The SMILES string of the molecule is [2H][C@@](Cc1cc(Cl)c2ncc(C#N)c(N[C@H](CC)c3ccccc3)c2c1)(c1cccc(C#N)c1)c1cnnn1C1CC1. The van der Waals surface area contributed by atoms with Crippen LogP contribution >= 0.6 is 11.6 Å². The molecule has 2 aromatic heterocycles. The fourth-order valence-electron chi connectivity index (χ4n) is 5.31. The molecule has 2 heterocycles. The number of halogens is 1. The third-order valence-corrected chi connectivity index (χ3v) is 7.82. The Balaban J connectivity index is 1.49. The van der Waals surface area contributed by atoms with Gasteiger partial charge in [0.05, 0.1) is 57.4 Å². The summed E-state index contributed by atoms with van der Waals surface area (Å²) in [5, 5.41) is 32.9. The van der Waals surface area contributed by atoms with Gasteiger partial charge in [0, 0.05) is 18.8 Å². The van der Waals surface area contributed by atoms with E-state index in [0.717, 1.165) is 30.4 Å². The zero-order chi connectivity index (χ0) is 29.3. The molecule has 1 aliphatic rings. The molecule has 0 saturated heterocycles. The number of benzene rings is 3. The Bertz CT molecular complexity index is 1850. The molecule has 5 aromatic rings. The van der Waals surface area contributed by atoms with Crippen molar-refractivity contribution in [1.29, 1.82) is 10.5 Å². The van der Waals surface area contributed by atoms with Gasteiger partial charge in [-0.2, -0.15) is 10.5 Å². The Morgan fingerprint density at radius 3 is 2.59 bits per heavy atom. The Labute approximate surface area is 245 Å². The number of rotatable bonds is 9. The lowest BCUT2D eigenvalue weighted by atomic mass is 9.88. The van der Waals surface area contributed by atoms with E-state index < -0.39 is 5.89 Å². The minimum atomic E-state index is -1.31. The first-order valence-corrected chi connectivity index (χ1v) is 14.1. The summed E-state index contributed by atoms with van der Waals surface area (Å²) in [6, 6.07) is 25.8. The lowest BCUT2D eigenvalue weighted by Gasteiger charge is -2.22. The van der Waals surface area contributed by atoms with Crippen molar-refractivity contribution in [3.05, 3.63) is 118 Å². The van der Waals surface area contributed by atoms with Crippen molar-refractivity contribution < 1.29 is 1.37 Å². The van der Waals surface area contributed by atoms with Crippen LogP contribution in [0.15, 0.2) is 79.1 Å². The van der Waals surface area contributed by atoms with E-state index >= 15 is 0 Å². The Kier molecular flexibility index (Phi) is 7.03. The standard InChI is InChI=1S/C33H28ClN7/c1-2-30(23-8-4-3-5-9-23)39-32-25(18-36)19-37-33-28(32)15-22(16-29(33)34)14-27(24-10-6-7-21(13-24)17-35)31-20-38-40-41(31)26-11-12-26/h3-10,13,15-16,19-20,26-27,30H,2,11-12,14H2,1H3,(H,37,39)/t27-,30-/m1/s1/i27D. The maximum atomic E-state index is 10.0. The van der Waals surface area contributed by atoms with Crippen LogP contribution < -0.4 is 5.32 Å². The van der Waals surface area contributed by atoms with Crippen LogP contribution in [0.25, 0.3) is 10.9 Å². The molecular weight excluding hydrogens is 530 g/mol. The molecule has 1 aliphatic carbocycles. The third kappa shape index (κ3) is 5.37. The van der Waals surface area contributed by atoms with E-state index in [0.29, 0.717) is 44.0 Å².